The Bertz CT molecular complexity index is 1340. The molecule has 2 aromatic carbocycles. The lowest BCUT2D eigenvalue weighted by atomic mass is 10.1. The summed E-state index contributed by atoms with van der Waals surface area (Å²) in [5.74, 6) is 2.61. The van der Waals surface area contributed by atoms with E-state index >= 15 is 0 Å². The van der Waals surface area contributed by atoms with Crippen LogP contribution in [0.3, 0.4) is 0 Å². The predicted octanol–water partition coefficient (Wildman–Crippen LogP) is 6.27. The Morgan fingerprint density at radius 2 is 1.76 bits per heavy atom. The number of benzene rings is 2. The number of hydrogen-bond donors (Lipinski definition) is 2. The van der Waals surface area contributed by atoms with E-state index in [1.807, 2.05) is 54.7 Å². The average Bonchev–Trinajstić information content (AvgIpc) is 3.36. The molecule has 4 rings (SSSR count). The number of nitrogens with one attached hydrogen (secondary N) is 2. The lowest BCUT2D eigenvalue weighted by Gasteiger charge is -2.24. The van der Waals surface area contributed by atoms with E-state index in [9.17, 15) is 0 Å². The molecule has 0 radical (unpaired) electrons. The number of nitrogens with zero attached hydrogens (tertiary/aromatic N) is 3. The number of pyridine rings is 1. The molecule has 2 heterocycles. The number of H-pyrrole nitrogens is 1. The van der Waals surface area contributed by atoms with Gasteiger partial charge in [-0.15, -0.1) is 0 Å². The monoisotopic (exact) mass is 515 g/mol. The van der Waals surface area contributed by atoms with Gasteiger partial charge in [0.1, 0.15) is 0 Å². The number of aromatic amines is 1. The number of methoxy groups -OCH3 is 2. The van der Waals surface area contributed by atoms with Crippen LogP contribution in [0.2, 0.25) is 0 Å². The van der Waals surface area contributed by atoms with Crippen LogP contribution in [0.1, 0.15) is 37.8 Å². The summed E-state index contributed by atoms with van der Waals surface area (Å²) in [5.41, 5.74) is 7.36. The molecule has 0 fully saturated rings. The second kappa shape index (κ2) is 13.4. The first-order chi connectivity index (χ1) is 18.6. The van der Waals surface area contributed by atoms with Gasteiger partial charge in [-0.1, -0.05) is 38.1 Å². The summed E-state index contributed by atoms with van der Waals surface area (Å²) >= 11 is 0. The Kier molecular flexibility index (Phi) is 9.45. The van der Waals surface area contributed by atoms with E-state index in [0.717, 1.165) is 53.6 Å². The van der Waals surface area contributed by atoms with Crippen LogP contribution in [0.15, 0.2) is 65.9 Å². The Labute approximate surface area is 224 Å². The maximum atomic E-state index is 6.13. The van der Waals surface area contributed by atoms with Crippen molar-refractivity contribution in [1.29, 1.82) is 0 Å². The number of ether oxygens (including phenoxy) is 3. The van der Waals surface area contributed by atoms with Gasteiger partial charge >= 0.3 is 0 Å². The zero-order valence-electron chi connectivity index (χ0n) is 22.7. The average molecular weight is 516 g/mol. The van der Waals surface area contributed by atoms with Crippen molar-refractivity contribution >= 4 is 28.6 Å². The van der Waals surface area contributed by atoms with Crippen molar-refractivity contribution in [2.75, 3.05) is 44.2 Å². The van der Waals surface area contributed by atoms with E-state index in [1.54, 1.807) is 20.4 Å². The van der Waals surface area contributed by atoms with E-state index in [0.29, 0.717) is 36.2 Å². The van der Waals surface area contributed by atoms with Crippen molar-refractivity contribution in [3.05, 3.63) is 71.9 Å². The van der Waals surface area contributed by atoms with Crippen LogP contribution in [-0.2, 0) is 6.42 Å². The molecule has 0 bridgehead atoms. The number of anilines is 2. The summed E-state index contributed by atoms with van der Waals surface area (Å²) < 4.78 is 16.9. The van der Waals surface area contributed by atoms with Crippen LogP contribution in [0, 0.1) is 0 Å². The summed E-state index contributed by atoms with van der Waals surface area (Å²) in [7, 11) is 3.28. The van der Waals surface area contributed by atoms with Gasteiger partial charge in [0.05, 0.1) is 27.0 Å². The number of aromatic nitrogens is 2. The Morgan fingerprint density at radius 1 is 0.974 bits per heavy atom. The van der Waals surface area contributed by atoms with Crippen LogP contribution in [0.25, 0.3) is 10.9 Å². The summed E-state index contributed by atoms with van der Waals surface area (Å²) in [6.45, 7) is 6.78. The van der Waals surface area contributed by atoms with E-state index in [4.69, 9.17) is 14.2 Å². The van der Waals surface area contributed by atoms with Crippen molar-refractivity contribution in [3.8, 4) is 17.4 Å². The van der Waals surface area contributed by atoms with Crippen LogP contribution >= 0.6 is 0 Å². The van der Waals surface area contributed by atoms with Gasteiger partial charge in [0.15, 0.2) is 17.3 Å². The molecule has 0 spiro atoms. The largest absolute Gasteiger partial charge is 0.493 e. The van der Waals surface area contributed by atoms with E-state index in [-0.39, 0.29) is 0 Å². The molecule has 0 atom stereocenters. The maximum absolute atomic E-state index is 6.13. The molecule has 8 nitrogen and oxygen atoms in total. The van der Waals surface area contributed by atoms with E-state index in [1.165, 1.54) is 0 Å². The summed E-state index contributed by atoms with van der Waals surface area (Å²) in [4.78, 5) is 10.3. The minimum atomic E-state index is 0.478. The van der Waals surface area contributed by atoms with Crippen molar-refractivity contribution in [2.45, 2.75) is 33.1 Å². The van der Waals surface area contributed by atoms with Crippen molar-refractivity contribution in [3.63, 3.8) is 0 Å². The van der Waals surface area contributed by atoms with Gasteiger partial charge in [0.25, 0.3) is 0 Å². The van der Waals surface area contributed by atoms with Crippen molar-refractivity contribution in [1.82, 2.24) is 9.97 Å². The zero-order valence-corrected chi connectivity index (χ0v) is 22.7. The third-order valence-electron chi connectivity index (χ3n) is 6.23. The molecule has 0 aliphatic carbocycles. The fraction of sp³-hybridized carbons (Fsp3) is 0.333. The number of hydrogen-bond acceptors (Lipinski definition) is 7. The topological polar surface area (TPSA) is 84.0 Å². The molecule has 0 amide bonds. The van der Waals surface area contributed by atoms with Gasteiger partial charge in [-0.2, -0.15) is 10.1 Å². The quantitative estimate of drug-likeness (QED) is 0.152. The van der Waals surface area contributed by atoms with Crippen LogP contribution < -0.4 is 24.5 Å². The standard InChI is InChI=1S/C30H37N5O3/c1-5-14-35(15-6-2)24-18-29(34-32-21-23-20-31-26-10-8-7-9-25(23)26)33-30(19-24)38-16-13-22-11-12-27(36-3)28(17-22)37-4/h7-12,17-21,31H,5-6,13-16H2,1-4H3,(H,33,34)/b32-21+. The predicted molar refractivity (Wildman–Crippen MR) is 155 cm³/mol. The van der Waals surface area contributed by atoms with Crippen molar-refractivity contribution in [2.24, 2.45) is 5.10 Å². The Hall–Kier alpha value is -4.20. The number of hydrazone groups is 1. The fourth-order valence-corrected chi connectivity index (χ4v) is 4.39. The van der Waals surface area contributed by atoms with Gasteiger partial charge in [0.2, 0.25) is 5.88 Å². The van der Waals surface area contributed by atoms with Crippen LogP contribution in [0.5, 0.6) is 17.4 Å². The first-order valence-electron chi connectivity index (χ1n) is 13.1. The normalized spacial score (nSPS) is 11.2. The van der Waals surface area contributed by atoms with Crippen molar-refractivity contribution < 1.29 is 14.2 Å². The maximum Gasteiger partial charge on any atom is 0.217 e. The number of fused-ring (bicyclic) bond motifs is 1. The van der Waals surface area contributed by atoms with Crippen LogP contribution in [0.4, 0.5) is 11.5 Å². The molecule has 0 aliphatic heterocycles. The molecule has 0 saturated heterocycles. The molecule has 0 unspecified atom stereocenters. The SMILES string of the molecule is CCCN(CCC)c1cc(N/N=C/c2c[nH]c3ccccc23)nc(OCCc2ccc(OC)c(OC)c2)c1. The van der Waals surface area contributed by atoms with Gasteiger partial charge in [0, 0.05) is 60.0 Å². The van der Waals surface area contributed by atoms with E-state index in [2.05, 4.69) is 45.3 Å². The molecule has 38 heavy (non-hydrogen) atoms. The highest BCUT2D eigenvalue weighted by Crippen LogP contribution is 2.28. The summed E-state index contributed by atoms with van der Waals surface area (Å²) in [5, 5.41) is 5.59. The molecular weight excluding hydrogens is 478 g/mol. The highest BCUT2D eigenvalue weighted by molar-refractivity contribution is 5.99. The molecule has 0 aliphatic rings. The minimum absolute atomic E-state index is 0.478. The number of para-hydroxylation sites is 1. The third-order valence-corrected chi connectivity index (χ3v) is 6.23. The lowest BCUT2D eigenvalue weighted by Crippen LogP contribution is -2.25. The highest BCUT2D eigenvalue weighted by atomic mass is 16.5. The molecular formula is C30H37N5O3. The molecule has 2 aromatic heterocycles. The fourth-order valence-electron chi connectivity index (χ4n) is 4.39. The summed E-state index contributed by atoms with van der Waals surface area (Å²) in [6.07, 6.45) is 6.58. The molecule has 8 heteroatoms. The molecule has 2 N–H and O–H groups in total. The molecule has 4 aromatic rings. The van der Waals surface area contributed by atoms with Crippen LogP contribution in [-0.4, -0.2) is 50.1 Å². The van der Waals surface area contributed by atoms with Gasteiger partial charge in [-0.05, 0) is 36.6 Å². The van der Waals surface area contributed by atoms with Gasteiger partial charge < -0.3 is 24.1 Å². The van der Waals surface area contributed by atoms with E-state index < -0.39 is 0 Å². The molecule has 200 valence electrons. The Morgan fingerprint density at radius 3 is 2.53 bits per heavy atom. The first kappa shape index (κ1) is 26.9. The zero-order chi connectivity index (χ0) is 26.7. The second-order valence-electron chi connectivity index (χ2n) is 8.98. The first-order valence-corrected chi connectivity index (χ1v) is 13.1. The number of rotatable bonds is 14. The highest BCUT2D eigenvalue weighted by Gasteiger charge is 2.11. The minimum Gasteiger partial charge on any atom is -0.493 e. The smallest absolute Gasteiger partial charge is 0.217 e. The molecule has 0 saturated carbocycles. The Balaban J connectivity index is 1.50. The lowest BCUT2D eigenvalue weighted by molar-refractivity contribution is 0.309. The second-order valence-corrected chi connectivity index (χ2v) is 8.98. The summed E-state index contributed by atoms with van der Waals surface area (Å²) in [6, 6.07) is 18.1. The van der Waals surface area contributed by atoms with Gasteiger partial charge in [-0.3, -0.25) is 5.43 Å². The third kappa shape index (κ3) is 6.76. The van der Waals surface area contributed by atoms with Gasteiger partial charge in [-0.25, -0.2) is 0 Å².